The highest BCUT2D eigenvalue weighted by Crippen LogP contribution is 2.66. The summed E-state index contributed by atoms with van der Waals surface area (Å²) >= 11 is 0. The van der Waals surface area contributed by atoms with Gasteiger partial charge in [-0.1, -0.05) is 90.0 Å². The molecule has 194 valence electrons. The zero-order chi connectivity index (χ0) is 24.3. The zero-order valence-corrected chi connectivity index (χ0v) is 22.9. The van der Waals surface area contributed by atoms with Crippen LogP contribution in [0, 0.1) is 16.7 Å². The molecule has 0 aromatic heterocycles. The van der Waals surface area contributed by atoms with Gasteiger partial charge >= 0.3 is 0 Å². The van der Waals surface area contributed by atoms with E-state index < -0.39 is 0 Å². The number of hydrogen-bond donors (Lipinski definition) is 1. The van der Waals surface area contributed by atoms with Crippen LogP contribution in [0.15, 0.2) is 24.3 Å². The van der Waals surface area contributed by atoms with Crippen LogP contribution in [0.1, 0.15) is 149 Å². The van der Waals surface area contributed by atoms with Crippen LogP contribution in [-0.2, 0) is 4.79 Å². The fraction of sp³-hybridized carbons (Fsp3) is 0.844. The molecule has 2 unspecified atom stereocenters. The summed E-state index contributed by atoms with van der Waals surface area (Å²) in [6, 6.07) is 0. The van der Waals surface area contributed by atoms with Gasteiger partial charge in [-0.2, -0.15) is 0 Å². The van der Waals surface area contributed by atoms with Crippen molar-refractivity contribution < 1.29 is 4.79 Å². The average molecular weight is 470 g/mol. The van der Waals surface area contributed by atoms with Crippen molar-refractivity contribution in [1.29, 1.82) is 0 Å². The van der Waals surface area contributed by atoms with Gasteiger partial charge in [0.2, 0.25) is 5.91 Å². The molecule has 2 nitrogen and oxygen atoms in total. The minimum absolute atomic E-state index is 0.108. The first-order valence-electron chi connectivity index (χ1n) is 15.0. The Labute approximate surface area is 211 Å². The predicted molar refractivity (Wildman–Crippen MR) is 147 cm³/mol. The quantitative estimate of drug-likeness (QED) is 0.167. The summed E-state index contributed by atoms with van der Waals surface area (Å²) in [4.78, 5) is 12.8. The molecule has 4 aliphatic rings. The lowest BCUT2D eigenvalue weighted by Crippen LogP contribution is -2.65. The Morgan fingerprint density at radius 3 is 1.82 bits per heavy atom. The molecule has 0 saturated heterocycles. The van der Waals surface area contributed by atoms with Gasteiger partial charge in [0.25, 0.3) is 0 Å². The first-order chi connectivity index (χ1) is 16.4. The van der Waals surface area contributed by atoms with E-state index in [0.29, 0.717) is 23.2 Å². The summed E-state index contributed by atoms with van der Waals surface area (Å²) in [6.45, 7) is 7.24. The number of amides is 1. The van der Waals surface area contributed by atoms with Gasteiger partial charge in [0.05, 0.1) is 0 Å². The van der Waals surface area contributed by atoms with Crippen molar-refractivity contribution in [2.45, 2.75) is 155 Å². The van der Waals surface area contributed by atoms with Crippen LogP contribution in [-0.4, -0.2) is 11.4 Å². The molecule has 0 spiro atoms. The molecule has 0 aliphatic heterocycles. The normalized spacial score (nSPS) is 32.3. The van der Waals surface area contributed by atoms with Crippen molar-refractivity contribution >= 4 is 5.91 Å². The number of hydrogen-bond acceptors (Lipinski definition) is 1. The van der Waals surface area contributed by atoms with E-state index in [0.717, 1.165) is 31.6 Å². The maximum atomic E-state index is 12.8. The molecule has 0 radical (unpaired) electrons. The summed E-state index contributed by atoms with van der Waals surface area (Å²) in [7, 11) is 0. The minimum atomic E-state index is 0.108. The van der Waals surface area contributed by atoms with Crippen LogP contribution in [0.5, 0.6) is 0 Å². The molecule has 0 aromatic rings. The SMILES string of the molecule is CCCCCCCCCC/C=C\CC/C=C\CCCC(=O)NC12CC3CC(C)(CC(C)(C3)C1)C2. The Balaban J connectivity index is 1.17. The first-order valence-corrected chi connectivity index (χ1v) is 15.0. The smallest absolute Gasteiger partial charge is 0.220 e. The molecule has 0 heterocycles. The van der Waals surface area contributed by atoms with Crippen molar-refractivity contribution in [3.8, 4) is 0 Å². The molecule has 1 N–H and O–H groups in total. The molecule has 1 amide bonds. The minimum Gasteiger partial charge on any atom is -0.351 e. The zero-order valence-electron chi connectivity index (χ0n) is 22.9. The van der Waals surface area contributed by atoms with E-state index in [1.807, 2.05) is 0 Å². The van der Waals surface area contributed by atoms with Crippen molar-refractivity contribution in [1.82, 2.24) is 5.32 Å². The lowest BCUT2D eigenvalue weighted by atomic mass is 9.43. The summed E-state index contributed by atoms with van der Waals surface area (Å²) < 4.78 is 0. The van der Waals surface area contributed by atoms with Crippen LogP contribution in [0.2, 0.25) is 0 Å². The van der Waals surface area contributed by atoms with E-state index in [2.05, 4.69) is 50.4 Å². The van der Waals surface area contributed by atoms with Crippen LogP contribution < -0.4 is 5.32 Å². The van der Waals surface area contributed by atoms with Crippen LogP contribution >= 0.6 is 0 Å². The monoisotopic (exact) mass is 469 g/mol. The summed E-state index contributed by atoms with van der Waals surface area (Å²) in [5, 5.41) is 3.56. The maximum Gasteiger partial charge on any atom is 0.220 e. The molecule has 4 bridgehead atoms. The Bertz CT molecular complexity index is 658. The van der Waals surface area contributed by atoms with Crippen molar-refractivity contribution in [3.05, 3.63) is 24.3 Å². The molecule has 4 rings (SSSR count). The van der Waals surface area contributed by atoms with Gasteiger partial charge in [0.15, 0.2) is 0 Å². The maximum absolute atomic E-state index is 12.8. The first kappa shape index (κ1) is 27.5. The number of allylic oxidation sites excluding steroid dienone is 4. The van der Waals surface area contributed by atoms with Crippen LogP contribution in [0.3, 0.4) is 0 Å². The lowest BCUT2D eigenvalue weighted by molar-refractivity contribution is -0.139. The van der Waals surface area contributed by atoms with E-state index in [9.17, 15) is 4.79 Å². The van der Waals surface area contributed by atoms with E-state index in [4.69, 9.17) is 0 Å². The van der Waals surface area contributed by atoms with Gasteiger partial charge in [-0.15, -0.1) is 0 Å². The third-order valence-electron chi connectivity index (χ3n) is 8.86. The Hall–Kier alpha value is -1.05. The third-order valence-corrected chi connectivity index (χ3v) is 8.86. The molecular weight excluding hydrogens is 414 g/mol. The number of carbonyl (C=O) groups excluding carboxylic acids is 1. The summed E-state index contributed by atoms with van der Waals surface area (Å²) in [6.07, 6.45) is 34.5. The highest BCUT2D eigenvalue weighted by atomic mass is 16.1. The number of carbonyl (C=O) groups is 1. The second-order valence-electron chi connectivity index (χ2n) is 13.1. The number of rotatable bonds is 17. The van der Waals surface area contributed by atoms with Crippen molar-refractivity contribution in [2.24, 2.45) is 16.7 Å². The Kier molecular flexibility index (Phi) is 10.8. The van der Waals surface area contributed by atoms with Gasteiger partial charge in [0, 0.05) is 12.0 Å². The fourth-order valence-corrected chi connectivity index (χ4v) is 8.39. The van der Waals surface area contributed by atoms with Crippen LogP contribution in [0.4, 0.5) is 0 Å². The van der Waals surface area contributed by atoms with E-state index in [-0.39, 0.29) is 5.54 Å². The largest absolute Gasteiger partial charge is 0.351 e. The van der Waals surface area contributed by atoms with E-state index >= 15 is 0 Å². The van der Waals surface area contributed by atoms with Crippen molar-refractivity contribution in [2.75, 3.05) is 0 Å². The molecule has 2 atom stereocenters. The fourth-order valence-electron chi connectivity index (χ4n) is 8.39. The molecular formula is C32H55NO. The standard InChI is InChI=1S/C32H55NO/c1-4-5-6-7-8-9-10-11-12-13-14-15-16-17-18-19-20-21-29(34)33-32-24-28-22-30(2,26-32)25-31(3,23-28)27-32/h13-14,17-18,28H,4-12,15-16,19-27H2,1-3H3,(H,33,34)/b14-13-,18-17-. The predicted octanol–water partition coefficient (Wildman–Crippen LogP) is 9.45. The number of unbranched alkanes of at least 4 members (excludes halogenated alkanes) is 10. The molecule has 0 aromatic carbocycles. The topological polar surface area (TPSA) is 29.1 Å². The molecule has 4 saturated carbocycles. The third kappa shape index (κ3) is 8.87. The highest BCUT2D eigenvalue weighted by molar-refractivity contribution is 5.77. The molecule has 4 fully saturated rings. The number of nitrogens with one attached hydrogen (secondary N) is 1. The highest BCUT2D eigenvalue weighted by Gasteiger charge is 2.60. The second-order valence-corrected chi connectivity index (χ2v) is 13.1. The molecule has 2 heteroatoms. The Morgan fingerprint density at radius 1 is 0.706 bits per heavy atom. The van der Waals surface area contributed by atoms with Gasteiger partial charge < -0.3 is 5.32 Å². The molecule has 34 heavy (non-hydrogen) atoms. The van der Waals surface area contributed by atoms with Gasteiger partial charge in [-0.3, -0.25) is 4.79 Å². The van der Waals surface area contributed by atoms with Gasteiger partial charge in [0.1, 0.15) is 0 Å². The summed E-state index contributed by atoms with van der Waals surface area (Å²) in [5.41, 5.74) is 1.04. The van der Waals surface area contributed by atoms with E-state index in [1.54, 1.807) is 0 Å². The van der Waals surface area contributed by atoms with Crippen molar-refractivity contribution in [3.63, 3.8) is 0 Å². The summed E-state index contributed by atoms with van der Waals surface area (Å²) in [5.74, 6) is 1.13. The lowest BCUT2D eigenvalue weighted by Gasteiger charge is -2.65. The molecule has 4 aliphatic carbocycles. The van der Waals surface area contributed by atoms with E-state index in [1.165, 1.54) is 96.3 Å². The average Bonchev–Trinajstić information content (AvgIpc) is 2.73. The van der Waals surface area contributed by atoms with Crippen LogP contribution in [0.25, 0.3) is 0 Å². The van der Waals surface area contributed by atoms with Gasteiger partial charge in [-0.25, -0.2) is 0 Å². The second kappa shape index (κ2) is 13.3. The van der Waals surface area contributed by atoms with Gasteiger partial charge in [-0.05, 0) is 93.8 Å². The Morgan fingerprint density at radius 2 is 1.24 bits per heavy atom.